The van der Waals surface area contributed by atoms with Gasteiger partial charge in [-0.25, -0.2) is 21.6 Å². The summed E-state index contributed by atoms with van der Waals surface area (Å²) in [6.45, 7) is 0.351. The quantitative estimate of drug-likeness (QED) is 0.395. The van der Waals surface area contributed by atoms with Crippen LogP contribution in [0, 0.1) is 0 Å². The van der Waals surface area contributed by atoms with Crippen LogP contribution in [0.2, 0.25) is 0 Å². The van der Waals surface area contributed by atoms with E-state index in [9.17, 15) is 21.6 Å². The number of carbonyl (C=O) groups is 1. The molecule has 2 unspecified atom stereocenters. The number of rotatable bonds is 10. The molecule has 11 heteroatoms. The van der Waals surface area contributed by atoms with Gasteiger partial charge in [0.25, 0.3) is 0 Å². The first-order valence-electron chi connectivity index (χ1n) is 11.7. The summed E-state index contributed by atoms with van der Waals surface area (Å²) in [5.41, 5.74) is 2.69. The minimum absolute atomic E-state index is 0.129. The van der Waals surface area contributed by atoms with Crippen molar-refractivity contribution < 1.29 is 21.6 Å². The van der Waals surface area contributed by atoms with Crippen LogP contribution in [0.3, 0.4) is 0 Å². The van der Waals surface area contributed by atoms with E-state index in [2.05, 4.69) is 10.0 Å². The predicted molar refractivity (Wildman–Crippen MR) is 147 cm³/mol. The van der Waals surface area contributed by atoms with Gasteiger partial charge in [-0.3, -0.25) is 4.79 Å². The van der Waals surface area contributed by atoms with E-state index in [1.807, 2.05) is 60.7 Å². The number of nitrogens with one attached hydrogen (secondary N) is 2. The number of nitrogens with zero attached hydrogens (tertiary/aromatic N) is 1. The van der Waals surface area contributed by atoms with Gasteiger partial charge in [-0.05, 0) is 35.2 Å². The van der Waals surface area contributed by atoms with Gasteiger partial charge in [0.2, 0.25) is 26.0 Å². The van der Waals surface area contributed by atoms with E-state index >= 15 is 0 Å². The van der Waals surface area contributed by atoms with E-state index in [1.54, 1.807) is 24.3 Å². The van der Waals surface area contributed by atoms with Gasteiger partial charge in [-0.15, -0.1) is 11.8 Å². The number of carbonyl (C=O) groups excluding carboxylic acids is 1. The average molecular weight is 560 g/mol. The Morgan fingerprint density at radius 2 is 1.51 bits per heavy atom. The number of benzene rings is 3. The van der Waals surface area contributed by atoms with E-state index < -0.39 is 37.4 Å². The maximum absolute atomic E-state index is 13.5. The topological polar surface area (TPSA) is 113 Å². The third-order valence-electron chi connectivity index (χ3n) is 5.96. The van der Waals surface area contributed by atoms with Crippen molar-refractivity contribution in [1.29, 1.82) is 0 Å². The van der Waals surface area contributed by atoms with Crippen molar-refractivity contribution in [1.82, 2.24) is 14.3 Å². The molecule has 2 atom stereocenters. The van der Waals surface area contributed by atoms with Crippen LogP contribution in [0.1, 0.15) is 18.0 Å². The number of amides is 1. The Bertz CT molecular complexity index is 1420. The number of hydrogen-bond donors (Lipinski definition) is 2. The largest absolute Gasteiger partial charge is 0.347 e. The van der Waals surface area contributed by atoms with Crippen LogP contribution in [0.15, 0.2) is 89.8 Å². The van der Waals surface area contributed by atoms with Gasteiger partial charge in [-0.1, -0.05) is 72.8 Å². The lowest BCUT2D eigenvalue weighted by molar-refractivity contribution is -0.122. The fourth-order valence-electron chi connectivity index (χ4n) is 4.13. The summed E-state index contributed by atoms with van der Waals surface area (Å²) in [6.07, 6.45) is 1.39. The minimum Gasteiger partial charge on any atom is -0.347 e. The standard InChI is InChI=1S/C26H29N3O5S3/c1-36(31,32)27-17-16-24(22-10-6-3-7-11-22)28-25(30)26-29(18-19-35-26)37(33,34)23-14-12-21(13-15-23)20-8-4-2-5-9-20/h2-15,24,26-27H,16-19H2,1H3,(H,28,30). The summed E-state index contributed by atoms with van der Waals surface area (Å²) < 4.78 is 53.7. The van der Waals surface area contributed by atoms with Crippen molar-refractivity contribution >= 4 is 37.7 Å². The SMILES string of the molecule is CS(=O)(=O)NCCC(NC(=O)C1SCCN1S(=O)(=O)c1ccc(-c2ccccc2)cc1)c1ccccc1. The zero-order valence-electron chi connectivity index (χ0n) is 20.3. The average Bonchev–Trinajstić information content (AvgIpc) is 3.40. The molecule has 1 heterocycles. The second-order valence-electron chi connectivity index (χ2n) is 8.66. The van der Waals surface area contributed by atoms with Gasteiger partial charge in [0.15, 0.2) is 0 Å². The fourth-order valence-corrected chi connectivity index (χ4v) is 7.71. The molecule has 3 aromatic carbocycles. The van der Waals surface area contributed by atoms with Crippen LogP contribution < -0.4 is 10.0 Å². The van der Waals surface area contributed by atoms with E-state index in [4.69, 9.17) is 0 Å². The second kappa shape index (κ2) is 11.8. The summed E-state index contributed by atoms with van der Waals surface area (Å²) in [4.78, 5) is 13.5. The maximum atomic E-state index is 13.5. The molecular formula is C26H29N3O5S3. The van der Waals surface area contributed by atoms with E-state index in [0.717, 1.165) is 22.9 Å². The molecule has 0 aliphatic carbocycles. The highest BCUT2D eigenvalue weighted by Crippen LogP contribution is 2.32. The number of thioether (sulfide) groups is 1. The van der Waals surface area contributed by atoms with E-state index in [-0.39, 0.29) is 18.0 Å². The third-order valence-corrected chi connectivity index (χ3v) is 9.90. The lowest BCUT2D eigenvalue weighted by Crippen LogP contribution is -2.46. The van der Waals surface area contributed by atoms with Gasteiger partial charge in [-0.2, -0.15) is 4.31 Å². The number of sulfonamides is 2. The molecule has 4 rings (SSSR count). The third kappa shape index (κ3) is 6.99. The smallest absolute Gasteiger partial charge is 0.249 e. The minimum atomic E-state index is -3.91. The molecule has 1 aliphatic heterocycles. The summed E-state index contributed by atoms with van der Waals surface area (Å²) >= 11 is 1.27. The van der Waals surface area contributed by atoms with Crippen molar-refractivity contribution in [3.8, 4) is 11.1 Å². The number of hydrogen-bond acceptors (Lipinski definition) is 6. The van der Waals surface area contributed by atoms with Crippen LogP contribution in [0.5, 0.6) is 0 Å². The van der Waals surface area contributed by atoms with E-state index in [1.165, 1.54) is 16.1 Å². The highest BCUT2D eigenvalue weighted by molar-refractivity contribution is 8.02. The Hall–Kier alpha value is -2.70. The summed E-state index contributed by atoms with van der Waals surface area (Å²) in [7, 11) is -7.29. The van der Waals surface area contributed by atoms with Crippen molar-refractivity contribution in [3.05, 3.63) is 90.5 Å². The second-order valence-corrected chi connectivity index (χ2v) is 13.6. The monoisotopic (exact) mass is 559 g/mol. The first-order valence-corrected chi connectivity index (χ1v) is 16.1. The Kier molecular flexibility index (Phi) is 8.71. The highest BCUT2D eigenvalue weighted by atomic mass is 32.2. The lowest BCUT2D eigenvalue weighted by atomic mass is 10.0. The molecule has 1 aliphatic rings. The molecule has 2 N–H and O–H groups in total. The van der Waals surface area contributed by atoms with Gasteiger partial charge in [0, 0.05) is 18.8 Å². The molecule has 1 fully saturated rings. The molecule has 0 saturated carbocycles. The first-order chi connectivity index (χ1) is 17.6. The molecule has 196 valence electrons. The van der Waals surface area contributed by atoms with Crippen molar-refractivity contribution in [2.24, 2.45) is 0 Å². The molecule has 0 spiro atoms. The molecular weight excluding hydrogens is 531 g/mol. The van der Waals surface area contributed by atoms with Crippen LogP contribution in [-0.4, -0.2) is 57.5 Å². The van der Waals surface area contributed by atoms with Gasteiger partial charge in [0.05, 0.1) is 17.2 Å². The zero-order valence-corrected chi connectivity index (χ0v) is 22.7. The van der Waals surface area contributed by atoms with Crippen molar-refractivity contribution in [2.45, 2.75) is 22.7 Å². The highest BCUT2D eigenvalue weighted by Gasteiger charge is 2.40. The normalized spacial score (nSPS) is 17.4. The molecule has 8 nitrogen and oxygen atoms in total. The van der Waals surface area contributed by atoms with Crippen LogP contribution in [0.4, 0.5) is 0 Å². The van der Waals surface area contributed by atoms with Crippen LogP contribution in [0.25, 0.3) is 11.1 Å². The molecule has 0 bridgehead atoms. The predicted octanol–water partition coefficient (Wildman–Crippen LogP) is 3.21. The summed E-state index contributed by atoms with van der Waals surface area (Å²) in [5.74, 6) is 0.0607. The molecule has 1 saturated heterocycles. The molecule has 1 amide bonds. The Morgan fingerprint density at radius 1 is 0.919 bits per heavy atom. The van der Waals surface area contributed by atoms with Crippen LogP contribution >= 0.6 is 11.8 Å². The lowest BCUT2D eigenvalue weighted by Gasteiger charge is -2.26. The van der Waals surface area contributed by atoms with Gasteiger partial charge >= 0.3 is 0 Å². The van der Waals surface area contributed by atoms with Gasteiger partial charge < -0.3 is 5.32 Å². The molecule has 37 heavy (non-hydrogen) atoms. The Labute approximate surface area is 222 Å². The van der Waals surface area contributed by atoms with Crippen molar-refractivity contribution in [2.75, 3.05) is 25.1 Å². The first kappa shape index (κ1) is 27.3. The summed E-state index contributed by atoms with van der Waals surface area (Å²) in [5, 5.41) is 2.02. The van der Waals surface area contributed by atoms with Crippen molar-refractivity contribution in [3.63, 3.8) is 0 Å². The maximum Gasteiger partial charge on any atom is 0.249 e. The molecule has 3 aromatic rings. The van der Waals surface area contributed by atoms with Crippen LogP contribution in [-0.2, 0) is 24.8 Å². The Morgan fingerprint density at radius 3 is 2.14 bits per heavy atom. The Balaban J connectivity index is 1.50. The fraction of sp³-hybridized carbons (Fsp3) is 0.269. The molecule has 0 aromatic heterocycles. The zero-order chi connectivity index (χ0) is 26.5. The van der Waals surface area contributed by atoms with Gasteiger partial charge in [0.1, 0.15) is 5.37 Å². The molecule has 0 radical (unpaired) electrons. The summed E-state index contributed by atoms with van der Waals surface area (Å²) in [6, 6.07) is 25.0. The van der Waals surface area contributed by atoms with E-state index in [0.29, 0.717) is 12.2 Å².